The number of methoxy groups -OCH3 is 1. The molecule has 0 aliphatic rings. The van der Waals surface area contributed by atoms with Gasteiger partial charge < -0.3 is 19.5 Å². The second-order valence-corrected chi connectivity index (χ2v) is 4.02. The van der Waals surface area contributed by atoms with E-state index in [9.17, 15) is 14.4 Å². The number of hydrogen-bond donors (Lipinski definition) is 2. The van der Waals surface area contributed by atoms with Crippen LogP contribution < -0.4 is 14.9 Å². The fourth-order valence-electron chi connectivity index (χ4n) is 1.72. The molecule has 0 amide bonds. The molecule has 0 saturated carbocycles. The van der Waals surface area contributed by atoms with Crippen LogP contribution in [0.25, 0.3) is 0 Å². The van der Waals surface area contributed by atoms with Crippen molar-refractivity contribution in [2.24, 2.45) is 0 Å². The Balaban J connectivity index is 2.20. The van der Waals surface area contributed by atoms with Gasteiger partial charge in [-0.3, -0.25) is 0 Å². The normalized spacial score (nSPS) is 10.2. The molecule has 2 N–H and O–H groups in total. The summed E-state index contributed by atoms with van der Waals surface area (Å²) in [4.78, 5) is 4.01. The average molecular weight is 277 g/mol. The van der Waals surface area contributed by atoms with Crippen LogP contribution in [0, 0.1) is 5.82 Å². The van der Waals surface area contributed by atoms with Gasteiger partial charge in [0.25, 0.3) is 0 Å². The molecular weight excluding hydrogens is 264 g/mol. The molecule has 0 radical (unpaired) electrons. The van der Waals surface area contributed by atoms with Crippen molar-refractivity contribution in [3.8, 4) is 11.6 Å². The number of hydrogen-bond acceptors (Lipinski definition) is 5. The number of rotatable bonds is 5. The van der Waals surface area contributed by atoms with E-state index in [2.05, 4.69) is 4.98 Å². The van der Waals surface area contributed by atoms with Gasteiger partial charge in [-0.1, -0.05) is 6.07 Å². The van der Waals surface area contributed by atoms with E-state index < -0.39 is 12.9 Å². The molecule has 1 aromatic carbocycles. The molecule has 0 unspecified atom stereocenters. The Morgan fingerprint density at radius 3 is 2.80 bits per heavy atom. The maximum absolute atomic E-state index is 13.2. The lowest BCUT2D eigenvalue weighted by atomic mass is 9.79. The minimum Gasteiger partial charge on any atom is -0.489 e. The third-order valence-electron chi connectivity index (χ3n) is 2.68. The summed E-state index contributed by atoms with van der Waals surface area (Å²) in [6.45, 7) is 0.0696. The Labute approximate surface area is 115 Å². The van der Waals surface area contributed by atoms with Crippen molar-refractivity contribution in [1.29, 1.82) is 0 Å². The molecule has 0 saturated heterocycles. The van der Waals surface area contributed by atoms with Gasteiger partial charge >= 0.3 is 7.12 Å². The van der Waals surface area contributed by atoms with Gasteiger partial charge in [0.15, 0.2) is 0 Å². The summed E-state index contributed by atoms with van der Waals surface area (Å²) >= 11 is 0. The van der Waals surface area contributed by atoms with E-state index in [1.807, 2.05) is 0 Å². The summed E-state index contributed by atoms with van der Waals surface area (Å²) in [6, 6.07) is 6.95. The van der Waals surface area contributed by atoms with Gasteiger partial charge in [0.2, 0.25) is 5.88 Å². The first-order chi connectivity index (χ1) is 9.61. The molecule has 1 aromatic heterocycles. The molecule has 0 spiro atoms. The van der Waals surface area contributed by atoms with Crippen LogP contribution in [-0.4, -0.2) is 29.3 Å². The van der Waals surface area contributed by atoms with Crippen LogP contribution in [0.4, 0.5) is 4.39 Å². The number of nitrogens with zero attached hydrogens (tertiary/aromatic N) is 1. The van der Waals surface area contributed by atoms with Crippen molar-refractivity contribution < 1.29 is 23.9 Å². The Morgan fingerprint density at radius 2 is 2.10 bits per heavy atom. The largest absolute Gasteiger partial charge is 0.492 e. The summed E-state index contributed by atoms with van der Waals surface area (Å²) in [5.74, 6) is -0.0662. The predicted octanol–water partition coefficient (Wildman–Crippen LogP) is 0.488. The van der Waals surface area contributed by atoms with Gasteiger partial charge in [-0.15, -0.1) is 0 Å². The molecular formula is C13H13BFNO4. The van der Waals surface area contributed by atoms with Crippen molar-refractivity contribution in [3.63, 3.8) is 0 Å². The van der Waals surface area contributed by atoms with Crippen molar-refractivity contribution in [3.05, 3.63) is 47.9 Å². The van der Waals surface area contributed by atoms with Crippen LogP contribution in [-0.2, 0) is 6.61 Å². The molecule has 2 rings (SSSR count). The van der Waals surface area contributed by atoms with Gasteiger partial charge in [-0.2, -0.15) is 0 Å². The fraction of sp³-hybridized carbons (Fsp3) is 0.154. The molecule has 104 valence electrons. The highest BCUT2D eigenvalue weighted by molar-refractivity contribution is 6.59. The van der Waals surface area contributed by atoms with Crippen molar-refractivity contribution >= 4 is 12.6 Å². The maximum Gasteiger partial charge on any atom is 0.492 e. The molecule has 0 aliphatic carbocycles. The summed E-state index contributed by atoms with van der Waals surface area (Å²) in [5, 5.41) is 18.4. The van der Waals surface area contributed by atoms with E-state index in [1.54, 1.807) is 18.3 Å². The zero-order valence-corrected chi connectivity index (χ0v) is 10.8. The number of aromatic nitrogens is 1. The van der Waals surface area contributed by atoms with Crippen molar-refractivity contribution in [2.75, 3.05) is 7.11 Å². The lowest BCUT2D eigenvalue weighted by Gasteiger charge is -2.12. The molecule has 0 fully saturated rings. The van der Waals surface area contributed by atoms with Crippen LogP contribution in [0.5, 0.6) is 11.6 Å². The highest BCUT2D eigenvalue weighted by Crippen LogP contribution is 2.17. The Morgan fingerprint density at radius 1 is 1.30 bits per heavy atom. The van der Waals surface area contributed by atoms with Gasteiger partial charge in [0.1, 0.15) is 18.2 Å². The zero-order chi connectivity index (χ0) is 14.5. The molecule has 20 heavy (non-hydrogen) atoms. The third-order valence-corrected chi connectivity index (χ3v) is 2.68. The van der Waals surface area contributed by atoms with Gasteiger partial charge in [-0.05, 0) is 18.2 Å². The van der Waals surface area contributed by atoms with Crippen molar-refractivity contribution in [1.82, 2.24) is 4.98 Å². The van der Waals surface area contributed by atoms with Crippen molar-refractivity contribution in [2.45, 2.75) is 6.61 Å². The molecule has 5 nitrogen and oxygen atoms in total. The predicted molar refractivity (Wildman–Crippen MR) is 71.3 cm³/mol. The number of pyridine rings is 1. The summed E-state index contributed by atoms with van der Waals surface area (Å²) < 4.78 is 23.7. The van der Waals surface area contributed by atoms with E-state index in [0.29, 0.717) is 11.4 Å². The number of ether oxygens (including phenoxy) is 2. The topological polar surface area (TPSA) is 71.8 Å². The standard InChI is InChI=1S/C13H13BFNO4/c1-19-13-9(3-2-6-16-13)8-20-12-7-10(15)4-5-11(12)14(17)18/h2-7,17-18H,8H2,1H3. The van der Waals surface area contributed by atoms with E-state index in [4.69, 9.17) is 9.47 Å². The van der Waals surface area contributed by atoms with Gasteiger partial charge in [0.05, 0.1) is 12.7 Å². The third kappa shape index (κ3) is 3.25. The summed E-state index contributed by atoms with van der Waals surface area (Å²) in [7, 11) is -0.252. The zero-order valence-electron chi connectivity index (χ0n) is 10.8. The first kappa shape index (κ1) is 14.3. The molecule has 2 aromatic rings. The fourth-order valence-corrected chi connectivity index (χ4v) is 1.72. The smallest absolute Gasteiger partial charge is 0.489 e. The van der Waals surface area contributed by atoms with E-state index in [-0.39, 0.29) is 17.8 Å². The molecule has 0 atom stereocenters. The minimum absolute atomic E-state index is 0.0610. The Bertz CT molecular complexity index is 594. The molecule has 0 aliphatic heterocycles. The van der Waals surface area contributed by atoms with Gasteiger partial charge in [-0.25, -0.2) is 9.37 Å². The minimum atomic E-state index is -1.73. The molecule has 1 heterocycles. The highest BCUT2D eigenvalue weighted by atomic mass is 19.1. The average Bonchev–Trinajstić information content (AvgIpc) is 2.45. The summed E-state index contributed by atoms with van der Waals surface area (Å²) in [6.07, 6.45) is 1.58. The number of benzene rings is 1. The Kier molecular flexibility index (Phi) is 4.55. The van der Waals surface area contributed by atoms with Crippen LogP contribution in [0.1, 0.15) is 5.56 Å². The van der Waals surface area contributed by atoms with Crippen LogP contribution in [0.3, 0.4) is 0 Å². The van der Waals surface area contributed by atoms with E-state index in [1.165, 1.54) is 13.2 Å². The van der Waals surface area contributed by atoms with E-state index in [0.717, 1.165) is 12.1 Å². The first-order valence-corrected chi connectivity index (χ1v) is 5.88. The molecule has 0 bridgehead atoms. The van der Waals surface area contributed by atoms with Crippen LogP contribution >= 0.6 is 0 Å². The highest BCUT2D eigenvalue weighted by Gasteiger charge is 2.18. The van der Waals surface area contributed by atoms with Gasteiger partial charge in [0, 0.05) is 17.7 Å². The maximum atomic E-state index is 13.2. The van der Waals surface area contributed by atoms with E-state index >= 15 is 0 Å². The second kappa shape index (κ2) is 6.36. The SMILES string of the molecule is COc1ncccc1COc1cc(F)ccc1B(O)O. The van der Waals surface area contributed by atoms with Crippen LogP contribution in [0.2, 0.25) is 0 Å². The monoisotopic (exact) mass is 277 g/mol. The molecule has 7 heteroatoms. The first-order valence-electron chi connectivity index (χ1n) is 5.88. The quantitative estimate of drug-likeness (QED) is 0.778. The number of halogens is 1. The second-order valence-electron chi connectivity index (χ2n) is 4.02. The summed E-state index contributed by atoms with van der Waals surface area (Å²) in [5.41, 5.74) is 0.756. The lowest BCUT2D eigenvalue weighted by Crippen LogP contribution is -2.31. The van der Waals surface area contributed by atoms with Crippen LogP contribution in [0.15, 0.2) is 36.5 Å². The lowest BCUT2D eigenvalue weighted by molar-refractivity contribution is 0.293. The Hall–Kier alpha value is -2.12.